The highest BCUT2D eigenvalue weighted by Gasteiger charge is 2.15. The standard InChI is InChI=1S/C12H13N5OS/c1-7-6-8(2)16-11(9(7)10(13)17-18)19-12-14-4-3-5-15-12/h3-6,18H,1-2H3,(H2,13,17). The zero-order valence-corrected chi connectivity index (χ0v) is 11.3. The Balaban J connectivity index is 2.49. The zero-order chi connectivity index (χ0) is 13.8. The van der Waals surface area contributed by atoms with Gasteiger partial charge in [0.25, 0.3) is 0 Å². The van der Waals surface area contributed by atoms with Gasteiger partial charge in [-0.1, -0.05) is 5.16 Å². The summed E-state index contributed by atoms with van der Waals surface area (Å²) in [6.45, 7) is 3.77. The first kappa shape index (κ1) is 13.3. The SMILES string of the molecule is Cc1cc(C)c(C(N)=NO)c(Sc2ncccn2)n1. The molecular formula is C12H13N5OS. The van der Waals surface area contributed by atoms with Gasteiger partial charge in [0, 0.05) is 18.1 Å². The average Bonchev–Trinajstić information content (AvgIpc) is 2.38. The number of oxime groups is 1. The summed E-state index contributed by atoms with van der Waals surface area (Å²) in [6, 6.07) is 3.62. The smallest absolute Gasteiger partial charge is 0.193 e. The lowest BCUT2D eigenvalue weighted by atomic mass is 10.1. The summed E-state index contributed by atoms with van der Waals surface area (Å²) in [5, 5.41) is 13.1. The molecule has 0 atom stereocenters. The van der Waals surface area contributed by atoms with Gasteiger partial charge in [-0.15, -0.1) is 0 Å². The summed E-state index contributed by atoms with van der Waals surface area (Å²) in [5.41, 5.74) is 8.05. The molecule has 0 aliphatic rings. The number of hydrogen-bond acceptors (Lipinski definition) is 6. The van der Waals surface area contributed by atoms with Crippen molar-refractivity contribution in [2.75, 3.05) is 0 Å². The second kappa shape index (κ2) is 5.66. The van der Waals surface area contributed by atoms with E-state index < -0.39 is 0 Å². The van der Waals surface area contributed by atoms with Crippen molar-refractivity contribution >= 4 is 17.6 Å². The minimum absolute atomic E-state index is 0.0310. The fourth-order valence-corrected chi connectivity index (χ4v) is 2.62. The lowest BCUT2D eigenvalue weighted by Crippen LogP contribution is -2.17. The predicted octanol–water partition coefficient (Wildman–Crippen LogP) is 1.73. The Bertz CT molecular complexity index is 615. The highest BCUT2D eigenvalue weighted by atomic mass is 32.2. The van der Waals surface area contributed by atoms with Crippen LogP contribution in [0, 0.1) is 13.8 Å². The maximum absolute atomic E-state index is 8.87. The molecule has 98 valence electrons. The maximum Gasteiger partial charge on any atom is 0.193 e. The van der Waals surface area contributed by atoms with Crippen molar-refractivity contribution in [3.63, 3.8) is 0 Å². The molecule has 2 rings (SSSR count). The van der Waals surface area contributed by atoms with Gasteiger partial charge in [0.15, 0.2) is 11.0 Å². The van der Waals surface area contributed by atoms with E-state index >= 15 is 0 Å². The van der Waals surface area contributed by atoms with Crippen molar-refractivity contribution < 1.29 is 5.21 Å². The van der Waals surface area contributed by atoms with E-state index in [9.17, 15) is 0 Å². The van der Waals surface area contributed by atoms with Crippen LogP contribution in [0.2, 0.25) is 0 Å². The minimum atomic E-state index is 0.0310. The van der Waals surface area contributed by atoms with E-state index in [4.69, 9.17) is 10.9 Å². The predicted molar refractivity (Wildman–Crippen MR) is 72.4 cm³/mol. The molecule has 0 aliphatic carbocycles. The van der Waals surface area contributed by atoms with Gasteiger partial charge in [0.1, 0.15) is 5.03 Å². The highest BCUT2D eigenvalue weighted by molar-refractivity contribution is 7.99. The third kappa shape index (κ3) is 3.00. The number of aryl methyl sites for hydroxylation is 2. The Morgan fingerprint density at radius 3 is 2.63 bits per heavy atom. The van der Waals surface area contributed by atoms with Crippen molar-refractivity contribution in [1.82, 2.24) is 15.0 Å². The Hall–Kier alpha value is -2.15. The van der Waals surface area contributed by atoms with E-state index in [-0.39, 0.29) is 5.84 Å². The molecule has 2 heterocycles. The van der Waals surface area contributed by atoms with Crippen LogP contribution in [-0.4, -0.2) is 26.0 Å². The molecule has 3 N–H and O–H groups in total. The topological polar surface area (TPSA) is 97.3 Å². The molecule has 2 aromatic rings. The molecule has 0 amide bonds. The van der Waals surface area contributed by atoms with E-state index in [0.29, 0.717) is 15.7 Å². The lowest BCUT2D eigenvalue weighted by molar-refractivity contribution is 0.318. The van der Waals surface area contributed by atoms with Gasteiger partial charge < -0.3 is 10.9 Å². The molecule has 19 heavy (non-hydrogen) atoms. The van der Waals surface area contributed by atoms with Gasteiger partial charge in [-0.2, -0.15) is 0 Å². The van der Waals surface area contributed by atoms with E-state index in [1.807, 2.05) is 19.9 Å². The van der Waals surface area contributed by atoms with E-state index in [1.54, 1.807) is 18.5 Å². The summed E-state index contributed by atoms with van der Waals surface area (Å²) in [6.07, 6.45) is 3.31. The van der Waals surface area contributed by atoms with Crippen LogP contribution in [0.1, 0.15) is 16.8 Å². The first-order chi connectivity index (χ1) is 9.11. The van der Waals surface area contributed by atoms with Crippen LogP contribution >= 0.6 is 11.8 Å². The molecule has 0 fully saturated rings. The average molecular weight is 275 g/mol. The molecule has 0 radical (unpaired) electrons. The third-order valence-corrected chi connectivity index (χ3v) is 3.29. The normalized spacial score (nSPS) is 11.6. The van der Waals surface area contributed by atoms with Crippen molar-refractivity contribution in [3.8, 4) is 0 Å². The number of nitrogens with two attached hydrogens (primary N) is 1. The second-order valence-corrected chi connectivity index (χ2v) is 4.84. The number of rotatable bonds is 3. The van der Waals surface area contributed by atoms with Crippen LogP contribution in [0.25, 0.3) is 0 Å². The van der Waals surface area contributed by atoms with Crippen LogP contribution in [-0.2, 0) is 0 Å². The van der Waals surface area contributed by atoms with Gasteiger partial charge in [0.2, 0.25) is 0 Å². The zero-order valence-electron chi connectivity index (χ0n) is 10.5. The van der Waals surface area contributed by atoms with E-state index in [1.165, 1.54) is 11.8 Å². The third-order valence-electron chi connectivity index (χ3n) is 2.41. The van der Waals surface area contributed by atoms with Gasteiger partial charge in [-0.25, -0.2) is 15.0 Å². The largest absolute Gasteiger partial charge is 0.409 e. The second-order valence-electron chi connectivity index (χ2n) is 3.88. The number of aromatic nitrogens is 3. The monoisotopic (exact) mass is 275 g/mol. The van der Waals surface area contributed by atoms with Gasteiger partial charge in [-0.05, 0) is 43.3 Å². The quantitative estimate of drug-likeness (QED) is 0.291. The Kier molecular flexibility index (Phi) is 3.96. The van der Waals surface area contributed by atoms with E-state index in [2.05, 4.69) is 20.1 Å². The molecule has 0 spiro atoms. The summed E-state index contributed by atoms with van der Waals surface area (Å²) < 4.78 is 0. The van der Waals surface area contributed by atoms with Gasteiger partial charge in [0.05, 0.1) is 5.56 Å². The lowest BCUT2D eigenvalue weighted by Gasteiger charge is -2.10. The highest BCUT2D eigenvalue weighted by Crippen LogP contribution is 2.28. The Labute approximate surface area is 114 Å². The van der Waals surface area contributed by atoms with Crippen molar-refractivity contribution in [1.29, 1.82) is 0 Å². The molecule has 0 aromatic carbocycles. The molecule has 0 aliphatic heterocycles. The van der Waals surface area contributed by atoms with Gasteiger partial charge in [-0.3, -0.25) is 0 Å². The summed E-state index contributed by atoms with van der Waals surface area (Å²) in [7, 11) is 0. The summed E-state index contributed by atoms with van der Waals surface area (Å²) in [4.78, 5) is 12.7. The fraction of sp³-hybridized carbons (Fsp3) is 0.167. The van der Waals surface area contributed by atoms with Gasteiger partial charge >= 0.3 is 0 Å². The Morgan fingerprint density at radius 1 is 1.32 bits per heavy atom. The van der Waals surface area contributed by atoms with Crippen molar-refractivity contribution in [3.05, 3.63) is 41.3 Å². The Morgan fingerprint density at radius 2 is 2.00 bits per heavy atom. The fourth-order valence-electron chi connectivity index (χ4n) is 1.66. The van der Waals surface area contributed by atoms with Crippen LogP contribution in [0.4, 0.5) is 0 Å². The first-order valence-electron chi connectivity index (χ1n) is 5.53. The molecule has 0 bridgehead atoms. The maximum atomic E-state index is 8.87. The minimum Gasteiger partial charge on any atom is -0.409 e. The summed E-state index contributed by atoms with van der Waals surface area (Å²) >= 11 is 1.28. The molecule has 0 unspecified atom stereocenters. The van der Waals surface area contributed by atoms with Crippen LogP contribution in [0.15, 0.2) is 39.9 Å². The molecule has 0 saturated heterocycles. The number of hydrogen-bond donors (Lipinski definition) is 2. The van der Waals surface area contributed by atoms with Crippen molar-refractivity contribution in [2.45, 2.75) is 24.0 Å². The van der Waals surface area contributed by atoms with Crippen molar-refractivity contribution in [2.24, 2.45) is 10.9 Å². The van der Waals surface area contributed by atoms with Crippen LogP contribution in [0.3, 0.4) is 0 Å². The first-order valence-corrected chi connectivity index (χ1v) is 6.34. The number of amidine groups is 1. The number of pyridine rings is 1. The molecule has 6 nitrogen and oxygen atoms in total. The summed E-state index contributed by atoms with van der Waals surface area (Å²) in [5.74, 6) is 0.0310. The molecule has 7 heteroatoms. The van der Waals surface area contributed by atoms with Crippen LogP contribution in [0.5, 0.6) is 0 Å². The molecule has 0 saturated carbocycles. The number of nitrogens with zero attached hydrogens (tertiary/aromatic N) is 4. The molecular weight excluding hydrogens is 262 g/mol. The van der Waals surface area contributed by atoms with E-state index in [0.717, 1.165) is 11.3 Å². The van der Waals surface area contributed by atoms with Crippen LogP contribution < -0.4 is 5.73 Å². The molecule has 2 aromatic heterocycles.